The summed E-state index contributed by atoms with van der Waals surface area (Å²) in [5.41, 5.74) is 2.23. The van der Waals surface area contributed by atoms with E-state index in [9.17, 15) is 9.59 Å². The number of nitrogens with one attached hydrogen (secondary N) is 2. The highest BCUT2D eigenvalue weighted by Crippen LogP contribution is 2.22. The molecule has 3 heterocycles. The Bertz CT molecular complexity index is 1020. The van der Waals surface area contributed by atoms with E-state index in [1.807, 2.05) is 29.3 Å². The van der Waals surface area contributed by atoms with Crippen LogP contribution in [0.25, 0.3) is 10.9 Å². The molecule has 6 nitrogen and oxygen atoms in total. The Morgan fingerprint density at radius 2 is 2.10 bits per heavy atom. The van der Waals surface area contributed by atoms with Crippen LogP contribution >= 0.6 is 11.6 Å². The lowest BCUT2D eigenvalue weighted by atomic mass is 9.96. The maximum Gasteiger partial charge on any atom is 0.230 e. The van der Waals surface area contributed by atoms with Crippen LogP contribution in [-0.4, -0.2) is 39.8 Å². The molecule has 0 radical (unpaired) electrons. The van der Waals surface area contributed by atoms with Crippen molar-refractivity contribution in [1.82, 2.24) is 14.9 Å². The van der Waals surface area contributed by atoms with Gasteiger partial charge in [-0.15, -0.1) is 0 Å². The Balaban J connectivity index is 1.33. The van der Waals surface area contributed by atoms with Crippen molar-refractivity contribution < 1.29 is 9.59 Å². The van der Waals surface area contributed by atoms with Gasteiger partial charge in [0.2, 0.25) is 11.8 Å². The van der Waals surface area contributed by atoms with Crippen molar-refractivity contribution in [2.75, 3.05) is 18.4 Å². The van der Waals surface area contributed by atoms with Gasteiger partial charge in [0.25, 0.3) is 0 Å². The van der Waals surface area contributed by atoms with E-state index in [2.05, 4.69) is 21.4 Å². The molecule has 29 heavy (non-hydrogen) atoms. The molecule has 2 aromatic heterocycles. The number of carbonyl (C=O) groups is 2. The van der Waals surface area contributed by atoms with Gasteiger partial charge in [0.15, 0.2) is 0 Å². The van der Waals surface area contributed by atoms with Gasteiger partial charge >= 0.3 is 0 Å². The third-order valence-electron chi connectivity index (χ3n) is 5.41. The lowest BCUT2D eigenvalue weighted by Gasteiger charge is -2.32. The van der Waals surface area contributed by atoms with E-state index in [0.717, 1.165) is 29.3 Å². The molecule has 0 aliphatic carbocycles. The number of carbonyl (C=O) groups excluding carboxylic acids is 2. The van der Waals surface area contributed by atoms with Crippen molar-refractivity contribution in [3.05, 3.63) is 59.4 Å². The van der Waals surface area contributed by atoms with Gasteiger partial charge in [-0.1, -0.05) is 29.8 Å². The van der Waals surface area contributed by atoms with Gasteiger partial charge in [-0.05, 0) is 43.0 Å². The first kappa shape index (κ1) is 19.5. The number of anilines is 1. The van der Waals surface area contributed by atoms with Gasteiger partial charge in [-0.25, -0.2) is 4.98 Å². The number of aryl methyl sites for hydroxylation is 1. The number of rotatable bonds is 5. The normalized spacial score (nSPS) is 16.7. The maximum atomic E-state index is 12.8. The number of halogens is 1. The van der Waals surface area contributed by atoms with Crippen LogP contribution < -0.4 is 5.32 Å². The molecule has 1 aliphatic heterocycles. The molecule has 1 saturated heterocycles. The van der Waals surface area contributed by atoms with Gasteiger partial charge in [0.05, 0.1) is 10.9 Å². The van der Waals surface area contributed by atoms with Crippen molar-refractivity contribution in [3.63, 3.8) is 0 Å². The van der Waals surface area contributed by atoms with Crippen LogP contribution in [0.2, 0.25) is 5.02 Å². The first-order valence-corrected chi connectivity index (χ1v) is 10.2. The van der Waals surface area contributed by atoms with E-state index >= 15 is 0 Å². The summed E-state index contributed by atoms with van der Waals surface area (Å²) in [5, 5.41) is 4.50. The van der Waals surface area contributed by atoms with Gasteiger partial charge in [-0.3, -0.25) is 9.59 Å². The summed E-state index contributed by atoms with van der Waals surface area (Å²) in [6.07, 6.45) is 6.19. The molecule has 0 saturated carbocycles. The molecule has 7 heteroatoms. The van der Waals surface area contributed by atoms with E-state index in [1.54, 1.807) is 12.1 Å². The summed E-state index contributed by atoms with van der Waals surface area (Å²) < 4.78 is 0. The first-order valence-electron chi connectivity index (χ1n) is 9.85. The zero-order valence-corrected chi connectivity index (χ0v) is 16.8. The third kappa shape index (κ3) is 4.59. The Kier molecular flexibility index (Phi) is 5.81. The highest BCUT2D eigenvalue weighted by molar-refractivity contribution is 6.30. The van der Waals surface area contributed by atoms with Crippen molar-refractivity contribution in [1.29, 1.82) is 0 Å². The monoisotopic (exact) mass is 410 g/mol. The van der Waals surface area contributed by atoms with Gasteiger partial charge in [-0.2, -0.15) is 0 Å². The number of amides is 2. The Morgan fingerprint density at radius 3 is 2.93 bits per heavy atom. The number of hydrogen-bond acceptors (Lipinski definition) is 3. The predicted octanol–water partition coefficient (Wildman–Crippen LogP) is 4.03. The molecule has 1 fully saturated rings. The lowest BCUT2D eigenvalue weighted by molar-refractivity contribution is -0.134. The number of aromatic amines is 1. The van der Waals surface area contributed by atoms with Crippen LogP contribution in [0.1, 0.15) is 24.8 Å². The average molecular weight is 411 g/mol. The first-order chi connectivity index (χ1) is 14.1. The van der Waals surface area contributed by atoms with Crippen LogP contribution in [0.4, 0.5) is 5.82 Å². The van der Waals surface area contributed by atoms with Crippen molar-refractivity contribution in [3.8, 4) is 0 Å². The molecular weight excluding hydrogens is 388 g/mol. The van der Waals surface area contributed by atoms with Gasteiger partial charge < -0.3 is 15.2 Å². The van der Waals surface area contributed by atoms with Crippen LogP contribution in [0.5, 0.6) is 0 Å². The third-order valence-corrected chi connectivity index (χ3v) is 5.63. The number of para-hydroxylation sites is 1. The highest BCUT2D eigenvalue weighted by atomic mass is 35.5. The molecule has 2 N–H and O–H groups in total. The zero-order chi connectivity index (χ0) is 20.2. The number of pyridine rings is 1. The Morgan fingerprint density at radius 1 is 1.24 bits per heavy atom. The fourth-order valence-corrected chi connectivity index (χ4v) is 3.95. The maximum absolute atomic E-state index is 12.8. The lowest BCUT2D eigenvalue weighted by Crippen LogP contribution is -2.43. The average Bonchev–Trinajstić information content (AvgIpc) is 3.17. The van der Waals surface area contributed by atoms with Gasteiger partial charge in [0.1, 0.15) is 5.82 Å². The Hall–Kier alpha value is -2.86. The number of likely N-dealkylation sites (tertiary alicyclic amines) is 1. The minimum absolute atomic E-state index is 0.0948. The van der Waals surface area contributed by atoms with Crippen molar-refractivity contribution in [2.45, 2.75) is 25.7 Å². The summed E-state index contributed by atoms with van der Waals surface area (Å²) in [4.78, 5) is 34.5. The predicted molar refractivity (Wildman–Crippen MR) is 114 cm³/mol. The smallest absolute Gasteiger partial charge is 0.230 e. The second-order valence-electron chi connectivity index (χ2n) is 7.39. The van der Waals surface area contributed by atoms with E-state index in [-0.39, 0.29) is 17.7 Å². The Labute approximate surface area is 174 Å². The molecular formula is C22H23ClN4O2. The fraction of sp³-hybridized carbons (Fsp3) is 0.318. The molecule has 2 amide bonds. The minimum atomic E-state index is -0.224. The molecule has 1 atom stereocenters. The topological polar surface area (TPSA) is 78.1 Å². The molecule has 150 valence electrons. The van der Waals surface area contributed by atoms with Crippen LogP contribution in [0, 0.1) is 5.92 Å². The number of hydrogen-bond donors (Lipinski definition) is 2. The second-order valence-corrected chi connectivity index (χ2v) is 7.83. The largest absolute Gasteiger partial charge is 0.361 e. The zero-order valence-electron chi connectivity index (χ0n) is 16.0. The van der Waals surface area contributed by atoms with E-state index < -0.39 is 0 Å². The summed E-state index contributed by atoms with van der Waals surface area (Å²) in [6.45, 7) is 1.15. The van der Waals surface area contributed by atoms with Gasteiger partial charge in [0, 0.05) is 42.8 Å². The standard InChI is InChI=1S/C22H23ClN4O2/c23-17-8-9-20(25-13-17)26-22(29)16-4-3-11-27(14-16)21(28)10-7-15-12-24-19-6-2-1-5-18(15)19/h1-2,5-6,8-9,12-13,16,24H,3-4,7,10-11,14H2,(H,25,26,29). The molecule has 0 spiro atoms. The van der Waals surface area contributed by atoms with E-state index in [4.69, 9.17) is 11.6 Å². The SMILES string of the molecule is O=C(Nc1ccc(Cl)cn1)C1CCCN(C(=O)CCc2c[nH]c3ccccc23)C1. The molecule has 1 aromatic carbocycles. The number of piperidine rings is 1. The molecule has 3 aromatic rings. The highest BCUT2D eigenvalue weighted by Gasteiger charge is 2.28. The molecule has 4 rings (SSSR count). The summed E-state index contributed by atoms with van der Waals surface area (Å²) in [6, 6.07) is 11.5. The number of nitrogens with zero attached hydrogens (tertiary/aromatic N) is 2. The summed E-state index contributed by atoms with van der Waals surface area (Å²) in [5.74, 6) is 0.242. The van der Waals surface area contributed by atoms with Crippen LogP contribution in [0.3, 0.4) is 0 Å². The quantitative estimate of drug-likeness (QED) is 0.666. The second kappa shape index (κ2) is 8.66. The molecule has 0 bridgehead atoms. The van der Waals surface area contributed by atoms with E-state index in [1.165, 1.54) is 6.20 Å². The minimum Gasteiger partial charge on any atom is -0.361 e. The number of benzene rings is 1. The number of H-pyrrole nitrogens is 1. The number of aromatic nitrogens is 2. The fourth-order valence-electron chi connectivity index (χ4n) is 3.83. The molecule has 1 unspecified atom stereocenters. The van der Waals surface area contributed by atoms with Crippen LogP contribution in [0.15, 0.2) is 48.8 Å². The van der Waals surface area contributed by atoms with Crippen molar-refractivity contribution in [2.24, 2.45) is 5.92 Å². The summed E-state index contributed by atoms with van der Waals surface area (Å²) >= 11 is 5.83. The van der Waals surface area contributed by atoms with E-state index in [0.29, 0.717) is 36.8 Å². The summed E-state index contributed by atoms with van der Waals surface area (Å²) in [7, 11) is 0. The molecule has 1 aliphatic rings. The van der Waals surface area contributed by atoms with Crippen LogP contribution in [-0.2, 0) is 16.0 Å². The number of fused-ring (bicyclic) bond motifs is 1. The van der Waals surface area contributed by atoms with Crippen molar-refractivity contribution >= 4 is 40.1 Å².